The molecule has 0 aliphatic heterocycles. The summed E-state index contributed by atoms with van der Waals surface area (Å²) in [5.41, 5.74) is 2.96. The maximum absolute atomic E-state index is 12.5. The summed E-state index contributed by atoms with van der Waals surface area (Å²) < 4.78 is 12.8. The van der Waals surface area contributed by atoms with Crippen LogP contribution in [0.25, 0.3) is 22.1 Å². The van der Waals surface area contributed by atoms with Gasteiger partial charge in [-0.25, -0.2) is 9.78 Å². The maximum Gasteiger partial charge on any atom is 0.326 e. The third kappa shape index (κ3) is 2.44. The van der Waals surface area contributed by atoms with Crippen molar-refractivity contribution in [2.24, 2.45) is 0 Å². The van der Waals surface area contributed by atoms with Crippen LogP contribution in [0, 0.1) is 0 Å². The van der Waals surface area contributed by atoms with E-state index < -0.39 is 0 Å². The van der Waals surface area contributed by atoms with Gasteiger partial charge >= 0.3 is 5.69 Å². The van der Waals surface area contributed by atoms with Crippen LogP contribution < -0.4 is 15.2 Å². The van der Waals surface area contributed by atoms with Gasteiger partial charge in [-0.05, 0) is 19.1 Å². The van der Waals surface area contributed by atoms with Crippen LogP contribution in [0.1, 0.15) is 12.5 Å². The fourth-order valence-corrected chi connectivity index (χ4v) is 3.10. The third-order valence-corrected chi connectivity index (χ3v) is 4.23. The molecule has 0 radical (unpaired) electrons. The van der Waals surface area contributed by atoms with Crippen molar-refractivity contribution in [1.29, 1.82) is 0 Å². The molecule has 0 saturated heterocycles. The number of imidazole rings is 1. The van der Waals surface area contributed by atoms with E-state index in [-0.39, 0.29) is 5.69 Å². The first-order valence-corrected chi connectivity index (χ1v) is 8.06. The van der Waals surface area contributed by atoms with Crippen LogP contribution in [0.3, 0.4) is 0 Å². The van der Waals surface area contributed by atoms with Crippen LogP contribution >= 0.6 is 0 Å². The van der Waals surface area contributed by atoms with Crippen molar-refractivity contribution in [1.82, 2.24) is 19.5 Å². The van der Waals surface area contributed by atoms with Gasteiger partial charge in [-0.1, -0.05) is 12.1 Å². The summed E-state index contributed by atoms with van der Waals surface area (Å²) >= 11 is 0. The molecule has 0 aliphatic rings. The SMILES string of the molecule is CCOc1c(Cn2c(=O)[nH]c3c4cc[nH]c4ncc32)cccc1OC. The molecular weight excluding hydrogens is 320 g/mol. The Bertz CT molecular complexity index is 1110. The molecule has 0 spiro atoms. The van der Waals surface area contributed by atoms with Gasteiger partial charge in [-0.15, -0.1) is 0 Å². The van der Waals surface area contributed by atoms with Gasteiger partial charge in [0, 0.05) is 17.1 Å². The highest BCUT2D eigenvalue weighted by Gasteiger charge is 2.15. The number of para-hydroxylation sites is 1. The molecule has 0 unspecified atom stereocenters. The average molecular weight is 338 g/mol. The number of nitrogens with zero attached hydrogens (tertiary/aromatic N) is 2. The highest BCUT2D eigenvalue weighted by atomic mass is 16.5. The Morgan fingerprint density at radius 3 is 2.96 bits per heavy atom. The Morgan fingerprint density at radius 1 is 1.28 bits per heavy atom. The number of rotatable bonds is 5. The van der Waals surface area contributed by atoms with E-state index in [1.807, 2.05) is 37.4 Å². The predicted molar refractivity (Wildman–Crippen MR) is 95.5 cm³/mol. The van der Waals surface area contributed by atoms with Gasteiger partial charge in [0.05, 0.1) is 37.5 Å². The molecule has 4 rings (SSSR count). The summed E-state index contributed by atoms with van der Waals surface area (Å²) in [7, 11) is 1.60. The second-order valence-electron chi connectivity index (χ2n) is 5.66. The second-order valence-corrected chi connectivity index (χ2v) is 5.66. The van der Waals surface area contributed by atoms with Crippen LogP contribution in [-0.4, -0.2) is 33.2 Å². The molecule has 0 bridgehead atoms. The molecule has 1 aromatic carbocycles. The number of nitrogens with one attached hydrogen (secondary N) is 2. The monoisotopic (exact) mass is 338 g/mol. The predicted octanol–water partition coefficient (Wildman–Crippen LogP) is 2.66. The van der Waals surface area contributed by atoms with Gasteiger partial charge in [-0.2, -0.15) is 0 Å². The highest BCUT2D eigenvalue weighted by molar-refractivity contribution is 6.00. The molecule has 7 heteroatoms. The Labute approximate surface area is 143 Å². The van der Waals surface area contributed by atoms with E-state index in [4.69, 9.17) is 9.47 Å². The lowest BCUT2D eigenvalue weighted by atomic mass is 10.1. The first-order valence-electron chi connectivity index (χ1n) is 8.06. The fraction of sp³-hybridized carbons (Fsp3) is 0.222. The first-order chi connectivity index (χ1) is 12.2. The summed E-state index contributed by atoms with van der Waals surface area (Å²) in [4.78, 5) is 22.9. The van der Waals surface area contributed by atoms with Crippen LogP contribution in [-0.2, 0) is 6.54 Å². The van der Waals surface area contributed by atoms with Gasteiger partial charge in [0.1, 0.15) is 5.65 Å². The lowest BCUT2D eigenvalue weighted by Crippen LogP contribution is -2.18. The first kappa shape index (κ1) is 15.3. The lowest BCUT2D eigenvalue weighted by molar-refractivity contribution is 0.307. The van der Waals surface area contributed by atoms with Crippen LogP contribution in [0.5, 0.6) is 11.5 Å². The van der Waals surface area contributed by atoms with E-state index in [9.17, 15) is 4.79 Å². The van der Waals surface area contributed by atoms with Gasteiger partial charge in [0.25, 0.3) is 0 Å². The zero-order chi connectivity index (χ0) is 17.4. The van der Waals surface area contributed by atoms with E-state index in [2.05, 4.69) is 15.0 Å². The zero-order valence-corrected chi connectivity index (χ0v) is 14.0. The molecule has 3 aromatic heterocycles. The number of fused-ring (bicyclic) bond motifs is 3. The Morgan fingerprint density at radius 2 is 2.16 bits per heavy atom. The van der Waals surface area contributed by atoms with Crippen molar-refractivity contribution in [3.8, 4) is 11.5 Å². The van der Waals surface area contributed by atoms with Gasteiger partial charge in [0.15, 0.2) is 11.5 Å². The smallest absolute Gasteiger partial charge is 0.326 e. The highest BCUT2D eigenvalue weighted by Crippen LogP contribution is 2.32. The van der Waals surface area contributed by atoms with E-state index in [0.717, 1.165) is 27.6 Å². The number of hydrogen-bond acceptors (Lipinski definition) is 4. The molecule has 7 nitrogen and oxygen atoms in total. The van der Waals surface area contributed by atoms with Gasteiger partial charge in [-0.3, -0.25) is 4.57 Å². The summed E-state index contributed by atoms with van der Waals surface area (Å²) in [6, 6.07) is 7.57. The number of aromatic amines is 2. The van der Waals surface area contributed by atoms with E-state index >= 15 is 0 Å². The van der Waals surface area contributed by atoms with E-state index in [1.54, 1.807) is 17.9 Å². The Hall–Kier alpha value is -3.22. The summed E-state index contributed by atoms with van der Waals surface area (Å²) in [6.45, 7) is 2.80. The topological polar surface area (TPSA) is 84.9 Å². The molecular formula is C18H18N4O3. The molecule has 0 saturated carbocycles. The summed E-state index contributed by atoms with van der Waals surface area (Å²) in [5.74, 6) is 1.31. The molecule has 0 atom stereocenters. The fourth-order valence-electron chi connectivity index (χ4n) is 3.10. The Balaban J connectivity index is 1.87. The largest absolute Gasteiger partial charge is 0.493 e. The molecule has 0 amide bonds. The zero-order valence-electron chi connectivity index (χ0n) is 14.0. The number of H-pyrrole nitrogens is 2. The van der Waals surface area contributed by atoms with Crippen molar-refractivity contribution in [3.63, 3.8) is 0 Å². The van der Waals surface area contributed by atoms with Crippen LogP contribution in [0.4, 0.5) is 0 Å². The standard InChI is InChI=1S/C18H18N4O3/c1-3-25-16-11(5-4-6-14(16)24-2)10-22-13-9-20-17-12(7-8-19-17)15(13)21-18(22)23/h4-9H,3,10H2,1-2H3,(H,19,20)(H,21,23). The van der Waals surface area contributed by atoms with Crippen LogP contribution in [0.15, 0.2) is 41.5 Å². The molecule has 4 aromatic rings. The molecule has 0 aliphatic carbocycles. The molecule has 2 N–H and O–H groups in total. The van der Waals surface area contributed by atoms with E-state index in [0.29, 0.717) is 24.7 Å². The minimum Gasteiger partial charge on any atom is -0.493 e. The number of pyridine rings is 1. The quantitative estimate of drug-likeness (QED) is 0.586. The number of ether oxygens (including phenoxy) is 2. The maximum atomic E-state index is 12.5. The van der Waals surface area contributed by atoms with Gasteiger partial charge in [0.2, 0.25) is 0 Å². The van der Waals surface area contributed by atoms with Crippen molar-refractivity contribution in [2.45, 2.75) is 13.5 Å². The molecule has 0 fully saturated rings. The van der Waals surface area contributed by atoms with Gasteiger partial charge < -0.3 is 19.4 Å². The van der Waals surface area contributed by atoms with Crippen molar-refractivity contribution in [2.75, 3.05) is 13.7 Å². The van der Waals surface area contributed by atoms with Crippen LogP contribution in [0.2, 0.25) is 0 Å². The normalized spacial score (nSPS) is 11.3. The number of benzene rings is 1. The number of hydrogen-bond donors (Lipinski definition) is 2. The second kappa shape index (κ2) is 6.01. The minimum atomic E-state index is -0.184. The lowest BCUT2D eigenvalue weighted by Gasteiger charge is -2.14. The third-order valence-electron chi connectivity index (χ3n) is 4.23. The van der Waals surface area contributed by atoms with Crippen molar-refractivity contribution >= 4 is 22.1 Å². The summed E-state index contributed by atoms with van der Waals surface area (Å²) in [5, 5.41) is 0.893. The average Bonchev–Trinajstić information content (AvgIpc) is 3.21. The van der Waals surface area contributed by atoms with E-state index in [1.165, 1.54) is 0 Å². The molecule has 128 valence electrons. The number of aromatic nitrogens is 4. The number of methoxy groups -OCH3 is 1. The minimum absolute atomic E-state index is 0.184. The van der Waals surface area contributed by atoms with Crippen molar-refractivity contribution in [3.05, 3.63) is 52.7 Å². The summed E-state index contributed by atoms with van der Waals surface area (Å²) in [6.07, 6.45) is 3.51. The Kier molecular flexibility index (Phi) is 3.68. The molecule has 3 heterocycles. The van der Waals surface area contributed by atoms with Crippen molar-refractivity contribution < 1.29 is 9.47 Å². The molecule has 25 heavy (non-hydrogen) atoms.